The van der Waals surface area contributed by atoms with Crippen molar-refractivity contribution < 1.29 is 23.5 Å². The molecule has 0 unspecified atom stereocenters. The Labute approximate surface area is 193 Å². The summed E-state index contributed by atoms with van der Waals surface area (Å²) in [5.74, 6) is -1.12. The van der Waals surface area contributed by atoms with E-state index in [1.165, 1.54) is 6.07 Å². The van der Waals surface area contributed by atoms with Gasteiger partial charge in [-0.3, -0.25) is 4.79 Å². The Morgan fingerprint density at radius 1 is 1.12 bits per heavy atom. The monoisotopic (exact) mass is 449 g/mol. The summed E-state index contributed by atoms with van der Waals surface area (Å²) in [5.41, 5.74) is 3.43. The molecule has 2 atom stereocenters. The molecule has 0 saturated carbocycles. The number of allylic oxidation sites excluding steroid dienone is 3. The number of rotatable bonds is 6. The highest BCUT2D eigenvalue weighted by Crippen LogP contribution is 2.46. The van der Waals surface area contributed by atoms with Crippen molar-refractivity contribution >= 4 is 11.8 Å². The molecule has 1 heterocycles. The van der Waals surface area contributed by atoms with Crippen LogP contribution in [-0.4, -0.2) is 25.5 Å². The molecular formula is C27H28FNO4. The fourth-order valence-corrected chi connectivity index (χ4v) is 4.71. The largest absolute Gasteiger partial charge is 0.497 e. The lowest BCUT2D eigenvalue weighted by atomic mass is 9.71. The lowest BCUT2D eigenvalue weighted by Crippen LogP contribution is -2.36. The zero-order valence-corrected chi connectivity index (χ0v) is 19.1. The van der Waals surface area contributed by atoms with Gasteiger partial charge in [-0.05, 0) is 49.4 Å². The highest BCUT2D eigenvalue weighted by atomic mass is 19.1. The Hall–Kier alpha value is -3.41. The van der Waals surface area contributed by atoms with E-state index in [4.69, 9.17) is 9.47 Å². The maximum Gasteiger partial charge on any atom is 0.336 e. The van der Waals surface area contributed by atoms with E-state index < -0.39 is 17.7 Å². The molecule has 4 rings (SSSR count). The molecule has 0 fully saturated rings. The van der Waals surface area contributed by atoms with Crippen LogP contribution in [-0.2, 0) is 14.3 Å². The van der Waals surface area contributed by atoms with Crippen LogP contribution in [0.4, 0.5) is 4.39 Å². The Balaban J connectivity index is 1.76. The van der Waals surface area contributed by atoms with Crippen molar-refractivity contribution in [1.82, 2.24) is 5.32 Å². The molecule has 0 bridgehead atoms. The van der Waals surface area contributed by atoms with E-state index in [0.717, 1.165) is 17.0 Å². The Kier molecular flexibility index (Phi) is 6.63. The Morgan fingerprint density at radius 3 is 2.52 bits per heavy atom. The summed E-state index contributed by atoms with van der Waals surface area (Å²) >= 11 is 0. The highest BCUT2D eigenvalue weighted by Gasteiger charge is 2.42. The number of nitrogens with one attached hydrogen (secondary N) is 1. The van der Waals surface area contributed by atoms with E-state index in [2.05, 4.69) is 5.32 Å². The number of methoxy groups -OCH3 is 1. The van der Waals surface area contributed by atoms with Crippen LogP contribution in [0.5, 0.6) is 5.75 Å². The van der Waals surface area contributed by atoms with E-state index in [-0.39, 0.29) is 24.7 Å². The molecule has 1 aliphatic carbocycles. The SMILES string of the molecule is CCCOC(=O)C1=C(C)NC2=C(C(=O)C[C@H](c3ccc(OC)cc3)C2)[C@H]1c1ccccc1F. The minimum Gasteiger partial charge on any atom is -0.497 e. The van der Waals surface area contributed by atoms with E-state index >= 15 is 0 Å². The number of hydrogen-bond acceptors (Lipinski definition) is 5. The quantitative estimate of drug-likeness (QED) is 0.618. The van der Waals surface area contributed by atoms with Crippen molar-refractivity contribution in [2.45, 2.75) is 44.9 Å². The average Bonchev–Trinajstić information content (AvgIpc) is 2.82. The minimum absolute atomic E-state index is 0.0164. The van der Waals surface area contributed by atoms with Gasteiger partial charge in [-0.15, -0.1) is 0 Å². The second-order valence-electron chi connectivity index (χ2n) is 8.45. The van der Waals surface area contributed by atoms with Gasteiger partial charge < -0.3 is 14.8 Å². The van der Waals surface area contributed by atoms with Crippen molar-refractivity contribution in [3.05, 3.63) is 88.0 Å². The van der Waals surface area contributed by atoms with Gasteiger partial charge in [0, 0.05) is 29.0 Å². The van der Waals surface area contributed by atoms with Crippen molar-refractivity contribution in [2.75, 3.05) is 13.7 Å². The molecule has 1 N–H and O–H groups in total. The number of benzene rings is 2. The maximum absolute atomic E-state index is 14.9. The summed E-state index contributed by atoms with van der Waals surface area (Å²) < 4.78 is 25.6. The first-order valence-corrected chi connectivity index (χ1v) is 11.2. The number of Topliss-reactive ketones (excluding diaryl/α,β-unsaturated/α-hetero) is 1. The summed E-state index contributed by atoms with van der Waals surface area (Å²) in [4.78, 5) is 26.5. The highest BCUT2D eigenvalue weighted by molar-refractivity contribution is 6.04. The molecule has 1 aliphatic heterocycles. The van der Waals surface area contributed by atoms with Crippen LogP contribution in [0.2, 0.25) is 0 Å². The van der Waals surface area contributed by atoms with Gasteiger partial charge in [-0.25, -0.2) is 9.18 Å². The van der Waals surface area contributed by atoms with Crippen LogP contribution in [0.15, 0.2) is 71.1 Å². The number of esters is 1. The standard InChI is InChI=1S/C27H28FNO4/c1-4-13-33-27(31)24-16(2)29-22-14-18(17-9-11-19(32-3)12-10-17)15-23(30)26(22)25(24)20-7-5-6-8-21(20)28/h5-12,18,25,29H,4,13-15H2,1-3H3/t18-,25+/m1/s1. The topological polar surface area (TPSA) is 64.6 Å². The van der Waals surface area contributed by atoms with Crippen molar-refractivity contribution in [1.29, 1.82) is 0 Å². The smallest absolute Gasteiger partial charge is 0.336 e. The summed E-state index contributed by atoms with van der Waals surface area (Å²) in [5, 5.41) is 3.29. The van der Waals surface area contributed by atoms with Gasteiger partial charge in [0.25, 0.3) is 0 Å². The second kappa shape index (κ2) is 9.61. The van der Waals surface area contributed by atoms with E-state index in [1.54, 1.807) is 32.2 Å². The molecule has 0 spiro atoms. The first-order chi connectivity index (χ1) is 15.9. The van der Waals surface area contributed by atoms with Gasteiger partial charge in [0.15, 0.2) is 5.78 Å². The predicted octanol–water partition coefficient (Wildman–Crippen LogP) is 5.15. The molecule has 0 aromatic heterocycles. The van der Waals surface area contributed by atoms with Crippen molar-refractivity contribution in [2.24, 2.45) is 0 Å². The van der Waals surface area contributed by atoms with E-state index in [9.17, 15) is 14.0 Å². The summed E-state index contributed by atoms with van der Waals surface area (Å²) in [6.07, 6.45) is 1.55. The van der Waals surface area contributed by atoms with Crippen molar-refractivity contribution in [3.63, 3.8) is 0 Å². The van der Waals surface area contributed by atoms with Crippen LogP contribution >= 0.6 is 0 Å². The van der Waals surface area contributed by atoms with Gasteiger partial charge in [0.05, 0.1) is 25.2 Å². The Morgan fingerprint density at radius 2 is 1.85 bits per heavy atom. The lowest BCUT2D eigenvalue weighted by molar-refractivity contribution is -0.139. The van der Waals surface area contributed by atoms with Gasteiger partial charge in [0.1, 0.15) is 11.6 Å². The molecule has 5 nitrogen and oxygen atoms in total. The third kappa shape index (κ3) is 4.42. The lowest BCUT2D eigenvalue weighted by Gasteiger charge is -2.36. The molecule has 2 aliphatic rings. The van der Waals surface area contributed by atoms with Crippen LogP contribution in [0.3, 0.4) is 0 Å². The van der Waals surface area contributed by atoms with Crippen LogP contribution in [0.25, 0.3) is 0 Å². The third-order valence-corrected chi connectivity index (χ3v) is 6.29. The number of halogens is 1. The number of hydrogen-bond donors (Lipinski definition) is 1. The molecule has 6 heteroatoms. The first kappa shape index (κ1) is 22.8. The van der Waals surface area contributed by atoms with Crippen LogP contribution in [0, 0.1) is 5.82 Å². The zero-order chi connectivity index (χ0) is 23.5. The molecule has 33 heavy (non-hydrogen) atoms. The van der Waals surface area contributed by atoms with Gasteiger partial charge in [-0.2, -0.15) is 0 Å². The number of dihydropyridines is 1. The number of carbonyl (C=O) groups is 2. The molecule has 2 aromatic rings. The fraction of sp³-hybridized carbons (Fsp3) is 0.333. The summed E-state index contributed by atoms with van der Waals surface area (Å²) in [6.45, 7) is 3.95. The molecule has 2 aromatic carbocycles. The maximum atomic E-state index is 14.9. The number of ether oxygens (including phenoxy) is 2. The second-order valence-corrected chi connectivity index (χ2v) is 8.45. The minimum atomic E-state index is -0.795. The van der Waals surface area contributed by atoms with Gasteiger partial charge in [-0.1, -0.05) is 37.3 Å². The van der Waals surface area contributed by atoms with Gasteiger partial charge >= 0.3 is 5.97 Å². The summed E-state index contributed by atoms with van der Waals surface area (Å²) in [6, 6.07) is 14.0. The van der Waals surface area contributed by atoms with Crippen LogP contribution in [0.1, 0.15) is 56.1 Å². The Bertz CT molecular complexity index is 1130. The normalized spacial score (nSPS) is 20.3. The molecule has 172 valence electrons. The van der Waals surface area contributed by atoms with Crippen LogP contribution < -0.4 is 10.1 Å². The van der Waals surface area contributed by atoms with E-state index in [1.807, 2.05) is 31.2 Å². The first-order valence-electron chi connectivity index (χ1n) is 11.2. The predicted molar refractivity (Wildman–Crippen MR) is 123 cm³/mol. The van der Waals surface area contributed by atoms with E-state index in [0.29, 0.717) is 35.2 Å². The third-order valence-electron chi connectivity index (χ3n) is 6.29. The number of carbonyl (C=O) groups excluding carboxylic acids is 2. The van der Waals surface area contributed by atoms with Gasteiger partial charge in [0.2, 0.25) is 0 Å². The molecule has 0 amide bonds. The zero-order valence-electron chi connectivity index (χ0n) is 19.1. The number of ketones is 1. The molecular weight excluding hydrogens is 421 g/mol. The molecule has 0 radical (unpaired) electrons. The summed E-state index contributed by atoms with van der Waals surface area (Å²) in [7, 11) is 1.61. The molecule has 0 saturated heterocycles. The van der Waals surface area contributed by atoms with Crippen molar-refractivity contribution in [3.8, 4) is 5.75 Å². The average molecular weight is 450 g/mol. The fourth-order valence-electron chi connectivity index (χ4n) is 4.71.